The lowest BCUT2D eigenvalue weighted by atomic mass is 9.90. The summed E-state index contributed by atoms with van der Waals surface area (Å²) in [7, 11) is 0. The van der Waals surface area contributed by atoms with Gasteiger partial charge in [0.15, 0.2) is 0 Å². The zero-order chi connectivity index (χ0) is 14.4. The van der Waals surface area contributed by atoms with Gasteiger partial charge < -0.3 is 10.5 Å². The number of fused-ring (bicyclic) bond motifs is 1. The zero-order valence-electron chi connectivity index (χ0n) is 11.9. The topological polar surface area (TPSA) is 60.5 Å². The molecule has 1 aliphatic heterocycles. The summed E-state index contributed by atoms with van der Waals surface area (Å²) >= 11 is 0. The molecular weight excluding hydrogens is 262 g/mol. The fourth-order valence-corrected chi connectivity index (χ4v) is 3.46. The molecule has 1 aliphatic carbocycles. The lowest BCUT2D eigenvalue weighted by Gasteiger charge is -2.23. The SMILES string of the molecule is CC1OC(N)=NC12Cc1cccc(-c3ccccn3)c1C2. The summed E-state index contributed by atoms with van der Waals surface area (Å²) in [6.45, 7) is 2.05. The van der Waals surface area contributed by atoms with Gasteiger partial charge in [0, 0.05) is 24.6 Å². The zero-order valence-corrected chi connectivity index (χ0v) is 11.9. The Kier molecular flexibility index (Phi) is 2.55. The summed E-state index contributed by atoms with van der Waals surface area (Å²) in [4.78, 5) is 9.09. The molecule has 0 fully saturated rings. The molecular formula is C17H17N3O. The normalized spacial score (nSPS) is 26.5. The van der Waals surface area contributed by atoms with Crippen molar-refractivity contribution in [2.24, 2.45) is 10.7 Å². The van der Waals surface area contributed by atoms with Crippen molar-refractivity contribution >= 4 is 6.02 Å². The molecule has 0 radical (unpaired) electrons. The maximum absolute atomic E-state index is 5.78. The highest BCUT2D eigenvalue weighted by Gasteiger charge is 2.48. The molecule has 2 unspecified atom stereocenters. The predicted octanol–water partition coefficient (Wildman–Crippen LogP) is 2.32. The van der Waals surface area contributed by atoms with E-state index in [1.165, 1.54) is 16.7 Å². The Labute approximate surface area is 123 Å². The summed E-state index contributed by atoms with van der Waals surface area (Å²) < 4.78 is 5.59. The standard InChI is InChI=1S/C17H17N3O/c1-11-17(20-16(18)21-11)9-12-5-4-6-13(14(12)10-17)15-7-2-3-8-19-15/h2-8,11H,9-10H2,1H3,(H2,18,20). The summed E-state index contributed by atoms with van der Waals surface area (Å²) in [5.74, 6) is 0. The van der Waals surface area contributed by atoms with Crippen molar-refractivity contribution in [2.75, 3.05) is 0 Å². The van der Waals surface area contributed by atoms with Crippen LogP contribution in [-0.4, -0.2) is 22.6 Å². The van der Waals surface area contributed by atoms with Gasteiger partial charge in [-0.3, -0.25) is 4.98 Å². The minimum Gasteiger partial charge on any atom is -0.460 e. The third-order valence-corrected chi connectivity index (χ3v) is 4.58. The number of ether oxygens (including phenoxy) is 1. The second-order valence-corrected chi connectivity index (χ2v) is 5.83. The molecule has 2 aromatic rings. The maximum atomic E-state index is 5.78. The molecule has 1 aromatic heterocycles. The van der Waals surface area contributed by atoms with E-state index < -0.39 is 0 Å². The average molecular weight is 279 g/mol. The van der Waals surface area contributed by atoms with Gasteiger partial charge in [0.05, 0.1) is 5.69 Å². The van der Waals surface area contributed by atoms with E-state index in [0.717, 1.165) is 18.5 Å². The molecule has 106 valence electrons. The Morgan fingerprint density at radius 2 is 2.10 bits per heavy atom. The fourth-order valence-electron chi connectivity index (χ4n) is 3.46. The summed E-state index contributed by atoms with van der Waals surface area (Å²) in [5, 5.41) is 0. The van der Waals surface area contributed by atoms with Gasteiger partial charge in [-0.2, -0.15) is 0 Å². The second kappa shape index (κ2) is 4.32. The molecule has 21 heavy (non-hydrogen) atoms. The van der Waals surface area contributed by atoms with Crippen LogP contribution in [0.3, 0.4) is 0 Å². The van der Waals surface area contributed by atoms with Crippen molar-refractivity contribution in [3.63, 3.8) is 0 Å². The Bertz CT molecular complexity index is 726. The van der Waals surface area contributed by atoms with E-state index in [-0.39, 0.29) is 11.6 Å². The molecule has 1 spiro atoms. The molecule has 1 aromatic carbocycles. The Morgan fingerprint density at radius 1 is 1.19 bits per heavy atom. The fraction of sp³-hybridized carbons (Fsp3) is 0.294. The van der Waals surface area contributed by atoms with Crippen molar-refractivity contribution in [3.05, 3.63) is 53.7 Å². The molecule has 0 bridgehead atoms. The molecule has 0 amide bonds. The van der Waals surface area contributed by atoms with Gasteiger partial charge in [0.25, 0.3) is 6.02 Å². The Balaban J connectivity index is 1.81. The molecule has 2 heterocycles. The number of hydrogen-bond acceptors (Lipinski definition) is 4. The van der Waals surface area contributed by atoms with Gasteiger partial charge in [0.1, 0.15) is 11.6 Å². The van der Waals surface area contributed by atoms with Crippen LogP contribution in [0, 0.1) is 0 Å². The van der Waals surface area contributed by atoms with Crippen LogP contribution in [0.1, 0.15) is 18.1 Å². The Morgan fingerprint density at radius 3 is 2.81 bits per heavy atom. The van der Waals surface area contributed by atoms with Gasteiger partial charge in [-0.25, -0.2) is 4.99 Å². The van der Waals surface area contributed by atoms with Gasteiger partial charge in [-0.05, 0) is 30.2 Å². The van der Waals surface area contributed by atoms with Crippen molar-refractivity contribution in [1.29, 1.82) is 0 Å². The smallest absolute Gasteiger partial charge is 0.282 e. The summed E-state index contributed by atoms with van der Waals surface area (Å²) in [6.07, 6.45) is 3.58. The van der Waals surface area contributed by atoms with Crippen LogP contribution in [0.25, 0.3) is 11.3 Å². The summed E-state index contributed by atoms with van der Waals surface area (Å²) in [6, 6.07) is 12.7. The molecule has 0 saturated carbocycles. The first-order valence-electron chi connectivity index (χ1n) is 7.22. The Hall–Kier alpha value is -2.36. The highest BCUT2D eigenvalue weighted by Crippen LogP contribution is 2.42. The van der Waals surface area contributed by atoms with Crippen LogP contribution in [0.15, 0.2) is 47.6 Å². The van der Waals surface area contributed by atoms with Gasteiger partial charge >= 0.3 is 0 Å². The van der Waals surface area contributed by atoms with Crippen LogP contribution < -0.4 is 5.73 Å². The first-order chi connectivity index (χ1) is 10.2. The highest BCUT2D eigenvalue weighted by molar-refractivity contribution is 5.75. The lowest BCUT2D eigenvalue weighted by Crippen LogP contribution is -2.36. The van der Waals surface area contributed by atoms with Crippen molar-refractivity contribution in [1.82, 2.24) is 4.98 Å². The van der Waals surface area contributed by atoms with Crippen LogP contribution in [0.2, 0.25) is 0 Å². The number of nitrogens with zero attached hydrogens (tertiary/aromatic N) is 2. The molecule has 2 atom stereocenters. The molecule has 0 saturated heterocycles. The number of aromatic nitrogens is 1. The quantitative estimate of drug-likeness (QED) is 0.871. The number of amidine groups is 1. The van der Waals surface area contributed by atoms with Crippen LogP contribution in [0.4, 0.5) is 0 Å². The number of nitrogens with two attached hydrogens (primary N) is 1. The highest BCUT2D eigenvalue weighted by atomic mass is 16.5. The third-order valence-electron chi connectivity index (χ3n) is 4.58. The molecule has 4 rings (SSSR count). The monoisotopic (exact) mass is 279 g/mol. The van der Waals surface area contributed by atoms with E-state index in [1.54, 1.807) is 0 Å². The van der Waals surface area contributed by atoms with Crippen molar-refractivity contribution in [3.8, 4) is 11.3 Å². The van der Waals surface area contributed by atoms with Gasteiger partial charge in [-0.1, -0.05) is 24.3 Å². The van der Waals surface area contributed by atoms with E-state index in [4.69, 9.17) is 10.5 Å². The largest absolute Gasteiger partial charge is 0.460 e. The maximum Gasteiger partial charge on any atom is 0.282 e. The lowest BCUT2D eigenvalue weighted by molar-refractivity contribution is 0.157. The van der Waals surface area contributed by atoms with E-state index in [9.17, 15) is 0 Å². The van der Waals surface area contributed by atoms with Gasteiger partial charge in [-0.15, -0.1) is 0 Å². The number of pyridine rings is 1. The number of rotatable bonds is 1. The van der Waals surface area contributed by atoms with E-state index >= 15 is 0 Å². The van der Waals surface area contributed by atoms with Gasteiger partial charge in [0.2, 0.25) is 0 Å². The average Bonchev–Trinajstić information content (AvgIpc) is 2.99. The molecule has 4 heteroatoms. The van der Waals surface area contributed by atoms with Crippen molar-refractivity contribution < 1.29 is 4.74 Å². The van der Waals surface area contributed by atoms with Crippen LogP contribution >= 0.6 is 0 Å². The minimum atomic E-state index is -0.239. The summed E-state index contributed by atoms with van der Waals surface area (Å²) in [5.41, 5.74) is 10.4. The third kappa shape index (κ3) is 1.82. The van der Waals surface area contributed by atoms with Crippen LogP contribution in [0.5, 0.6) is 0 Å². The van der Waals surface area contributed by atoms with E-state index in [2.05, 4.69) is 35.1 Å². The first kappa shape index (κ1) is 12.4. The first-order valence-corrected chi connectivity index (χ1v) is 7.22. The van der Waals surface area contributed by atoms with Crippen LogP contribution in [-0.2, 0) is 17.6 Å². The molecule has 4 nitrogen and oxygen atoms in total. The van der Waals surface area contributed by atoms with E-state index in [0.29, 0.717) is 6.02 Å². The van der Waals surface area contributed by atoms with E-state index in [1.807, 2.05) is 24.4 Å². The number of hydrogen-bond donors (Lipinski definition) is 1. The van der Waals surface area contributed by atoms with Crippen molar-refractivity contribution in [2.45, 2.75) is 31.4 Å². The molecule has 2 N–H and O–H groups in total. The molecule has 2 aliphatic rings. The number of aliphatic imine (C=N–C) groups is 1. The second-order valence-electron chi connectivity index (χ2n) is 5.83. The minimum absolute atomic E-state index is 0.0153. The number of benzene rings is 1. The predicted molar refractivity (Wildman–Crippen MR) is 82.0 cm³/mol.